The SMILES string of the molecule is CCN1CCN(CCCNC(=O)C2CCN(S(=O)(=O)c3c(C)noc3/C=C/c3ccc(C)cc3)CC2)CC1. The number of hydrogen-bond donors (Lipinski definition) is 1. The number of carbonyl (C=O) groups excluding carboxylic acids is 1. The average molecular weight is 544 g/mol. The van der Waals surface area contributed by atoms with Crippen molar-refractivity contribution in [2.24, 2.45) is 5.92 Å². The highest BCUT2D eigenvalue weighted by atomic mass is 32.2. The third-order valence-corrected chi connectivity index (χ3v) is 9.68. The summed E-state index contributed by atoms with van der Waals surface area (Å²) in [4.78, 5) is 17.7. The Morgan fingerprint density at radius 2 is 1.68 bits per heavy atom. The fourth-order valence-electron chi connectivity index (χ4n) is 5.12. The number of aryl methyl sites for hydroxylation is 2. The largest absolute Gasteiger partial charge is 0.356 e. The van der Waals surface area contributed by atoms with E-state index in [1.54, 1.807) is 13.0 Å². The summed E-state index contributed by atoms with van der Waals surface area (Å²) in [7, 11) is -3.79. The Hall–Kier alpha value is -2.53. The number of benzene rings is 1. The zero-order chi connectivity index (χ0) is 27.1. The van der Waals surface area contributed by atoms with E-state index in [0.29, 0.717) is 38.2 Å². The van der Waals surface area contributed by atoms with Crippen LogP contribution >= 0.6 is 0 Å². The van der Waals surface area contributed by atoms with E-state index in [2.05, 4.69) is 27.2 Å². The summed E-state index contributed by atoms with van der Waals surface area (Å²) in [6.07, 6.45) is 5.41. The lowest BCUT2D eigenvalue weighted by Gasteiger charge is -2.34. The van der Waals surface area contributed by atoms with Gasteiger partial charge in [0.25, 0.3) is 0 Å². The molecule has 3 heterocycles. The number of piperazine rings is 1. The van der Waals surface area contributed by atoms with Crippen molar-refractivity contribution in [1.82, 2.24) is 24.6 Å². The predicted octanol–water partition coefficient (Wildman–Crippen LogP) is 3.01. The number of aromatic nitrogens is 1. The Balaban J connectivity index is 1.26. The average Bonchev–Trinajstić information content (AvgIpc) is 3.32. The van der Waals surface area contributed by atoms with Gasteiger partial charge in [-0.3, -0.25) is 4.79 Å². The van der Waals surface area contributed by atoms with Crippen LogP contribution < -0.4 is 5.32 Å². The number of likely N-dealkylation sites (N-methyl/N-ethyl adjacent to an activating group) is 1. The minimum atomic E-state index is -3.79. The molecule has 208 valence electrons. The number of rotatable bonds is 10. The molecular formula is C28H41N5O4S. The van der Waals surface area contributed by atoms with Crippen molar-refractivity contribution in [3.05, 3.63) is 46.8 Å². The van der Waals surface area contributed by atoms with E-state index in [0.717, 1.165) is 56.8 Å². The van der Waals surface area contributed by atoms with Crippen molar-refractivity contribution in [2.45, 2.75) is 44.9 Å². The Kier molecular flexibility index (Phi) is 9.75. The van der Waals surface area contributed by atoms with Gasteiger partial charge in [-0.15, -0.1) is 0 Å². The second kappa shape index (κ2) is 13.0. The molecule has 0 spiro atoms. The van der Waals surface area contributed by atoms with Crippen molar-refractivity contribution in [1.29, 1.82) is 0 Å². The Labute approximate surface area is 226 Å². The van der Waals surface area contributed by atoms with Crippen molar-refractivity contribution >= 4 is 28.1 Å². The number of nitrogens with zero attached hydrogens (tertiary/aromatic N) is 4. The van der Waals surface area contributed by atoms with Gasteiger partial charge in [0.15, 0.2) is 10.7 Å². The number of piperidine rings is 1. The molecule has 0 saturated carbocycles. The van der Waals surface area contributed by atoms with E-state index in [4.69, 9.17) is 4.52 Å². The second-order valence-electron chi connectivity index (χ2n) is 10.3. The molecule has 2 aromatic rings. The van der Waals surface area contributed by atoms with Crippen LogP contribution in [0.1, 0.15) is 48.8 Å². The maximum Gasteiger partial charge on any atom is 0.248 e. The van der Waals surface area contributed by atoms with Crippen LogP contribution in [0.25, 0.3) is 12.2 Å². The fraction of sp³-hybridized carbons (Fsp3) is 0.571. The van der Waals surface area contributed by atoms with Crippen molar-refractivity contribution in [3.8, 4) is 0 Å². The van der Waals surface area contributed by atoms with Gasteiger partial charge in [0.2, 0.25) is 15.9 Å². The molecular weight excluding hydrogens is 502 g/mol. The number of amides is 1. The zero-order valence-corrected chi connectivity index (χ0v) is 23.7. The van der Waals surface area contributed by atoms with Crippen molar-refractivity contribution in [3.63, 3.8) is 0 Å². The summed E-state index contributed by atoms with van der Waals surface area (Å²) in [6.45, 7) is 13.6. The molecule has 0 bridgehead atoms. The van der Waals surface area contributed by atoms with Gasteiger partial charge in [-0.25, -0.2) is 8.42 Å². The zero-order valence-electron chi connectivity index (χ0n) is 22.9. The molecule has 0 atom stereocenters. The first-order chi connectivity index (χ1) is 18.3. The van der Waals surface area contributed by atoms with Crippen LogP contribution in [0.3, 0.4) is 0 Å². The maximum atomic E-state index is 13.5. The highest BCUT2D eigenvalue weighted by molar-refractivity contribution is 7.89. The van der Waals surface area contributed by atoms with Crippen molar-refractivity contribution < 1.29 is 17.7 Å². The lowest BCUT2D eigenvalue weighted by molar-refractivity contribution is -0.126. The maximum absolute atomic E-state index is 13.5. The normalized spacial score (nSPS) is 18.8. The number of hydrogen-bond acceptors (Lipinski definition) is 7. The first-order valence-electron chi connectivity index (χ1n) is 13.7. The molecule has 1 aromatic carbocycles. The van der Waals surface area contributed by atoms with E-state index in [1.165, 1.54) is 4.31 Å². The van der Waals surface area contributed by atoms with Crippen LogP contribution in [0, 0.1) is 19.8 Å². The Morgan fingerprint density at radius 3 is 2.34 bits per heavy atom. The number of nitrogens with one attached hydrogen (secondary N) is 1. The van der Waals surface area contributed by atoms with Gasteiger partial charge in [-0.1, -0.05) is 48.0 Å². The summed E-state index contributed by atoms with van der Waals surface area (Å²) in [5, 5.41) is 7.00. The van der Waals surface area contributed by atoms with Gasteiger partial charge < -0.3 is 19.6 Å². The third kappa shape index (κ3) is 7.11. The predicted molar refractivity (Wildman–Crippen MR) is 149 cm³/mol. The third-order valence-electron chi connectivity index (χ3n) is 7.62. The Bertz CT molecular complexity index is 1190. The highest BCUT2D eigenvalue weighted by Gasteiger charge is 2.35. The van der Waals surface area contributed by atoms with E-state index >= 15 is 0 Å². The van der Waals surface area contributed by atoms with Crippen LogP contribution in [0.2, 0.25) is 0 Å². The highest BCUT2D eigenvalue weighted by Crippen LogP contribution is 2.29. The molecule has 0 radical (unpaired) electrons. The molecule has 2 saturated heterocycles. The second-order valence-corrected chi connectivity index (χ2v) is 12.2. The van der Waals surface area contributed by atoms with E-state index in [1.807, 2.05) is 37.3 Å². The molecule has 38 heavy (non-hydrogen) atoms. The number of carbonyl (C=O) groups is 1. The first kappa shape index (κ1) is 28.5. The molecule has 0 unspecified atom stereocenters. The topological polar surface area (TPSA) is 99.0 Å². The molecule has 4 rings (SSSR count). The van der Waals surface area contributed by atoms with Crippen LogP contribution in [0.15, 0.2) is 33.7 Å². The van der Waals surface area contributed by atoms with Gasteiger partial charge in [-0.2, -0.15) is 4.31 Å². The lowest BCUT2D eigenvalue weighted by Crippen LogP contribution is -2.47. The molecule has 1 N–H and O–H groups in total. The molecule has 2 aliphatic rings. The van der Waals surface area contributed by atoms with Gasteiger partial charge in [0.1, 0.15) is 5.69 Å². The van der Waals surface area contributed by atoms with Gasteiger partial charge in [0.05, 0.1) is 0 Å². The minimum absolute atomic E-state index is 0.0285. The molecule has 9 nitrogen and oxygen atoms in total. The smallest absolute Gasteiger partial charge is 0.248 e. The monoisotopic (exact) mass is 543 g/mol. The van der Waals surface area contributed by atoms with Gasteiger partial charge in [-0.05, 0) is 57.8 Å². The summed E-state index contributed by atoms with van der Waals surface area (Å²) in [6, 6.07) is 7.93. The first-order valence-corrected chi connectivity index (χ1v) is 15.2. The van der Waals surface area contributed by atoms with Crippen LogP contribution in [-0.4, -0.2) is 92.5 Å². The molecule has 1 amide bonds. The molecule has 2 aliphatic heterocycles. The van der Waals surface area contributed by atoms with Crippen molar-refractivity contribution in [2.75, 3.05) is 58.9 Å². The summed E-state index contributed by atoms with van der Waals surface area (Å²) >= 11 is 0. The quantitative estimate of drug-likeness (QED) is 0.460. The molecule has 0 aliphatic carbocycles. The van der Waals surface area contributed by atoms with Crippen LogP contribution in [0.5, 0.6) is 0 Å². The number of sulfonamides is 1. The molecule has 10 heteroatoms. The van der Waals surface area contributed by atoms with Gasteiger partial charge in [0, 0.05) is 51.7 Å². The van der Waals surface area contributed by atoms with Crippen LogP contribution in [0.4, 0.5) is 0 Å². The van der Waals surface area contributed by atoms with E-state index < -0.39 is 10.0 Å². The lowest BCUT2D eigenvalue weighted by atomic mass is 9.97. The molecule has 2 fully saturated rings. The standard InChI is InChI=1S/C28H41N5O4S/c1-4-31-18-20-32(21-19-31)15-5-14-29-28(34)25-12-16-33(17-13-25)38(35,36)27-23(3)30-37-26(27)11-10-24-8-6-22(2)7-9-24/h6-11,25H,4-5,12-21H2,1-3H3,(H,29,34)/b11-10+. The van der Waals surface area contributed by atoms with Crippen LogP contribution in [-0.2, 0) is 14.8 Å². The summed E-state index contributed by atoms with van der Waals surface area (Å²) in [5.74, 6) is 0.0822. The Morgan fingerprint density at radius 1 is 1.03 bits per heavy atom. The van der Waals surface area contributed by atoms with E-state index in [-0.39, 0.29) is 22.5 Å². The van der Waals surface area contributed by atoms with E-state index in [9.17, 15) is 13.2 Å². The fourth-order valence-corrected chi connectivity index (χ4v) is 6.84. The molecule has 1 aromatic heterocycles. The summed E-state index contributed by atoms with van der Waals surface area (Å²) < 4.78 is 33.8. The minimum Gasteiger partial charge on any atom is -0.356 e. The summed E-state index contributed by atoms with van der Waals surface area (Å²) in [5.41, 5.74) is 2.43. The van der Waals surface area contributed by atoms with Gasteiger partial charge >= 0.3 is 0 Å².